The standard InChI is InChI=1S/C6H9F3O3/c7-6(8,9)5(1-2-10)11-3-4-12-5/h10H,1-4H2. The molecule has 1 aliphatic heterocycles. The highest BCUT2D eigenvalue weighted by atomic mass is 19.4. The average Bonchev–Trinajstić information content (AvgIpc) is 2.36. The van der Waals surface area contributed by atoms with Crippen LogP contribution in [0.25, 0.3) is 0 Å². The van der Waals surface area contributed by atoms with E-state index in [4.69, 9.17) is 5.11 Å². The molecule has 0 unspecified atom stereocenters. The van der Waals surface area contributed by atoms with Crippen LogP contribution in [0.15, 0.2) is 0 Å². The highest BCUT2D eigenvalue weighted by molar-refractivity contribution is 4.81. The van der Waals surface area contributed by atoms with E-state index in [1.54, 1.807) is 0 Å². The van der Waals surface area contributed by atoms with Crippen LogP contribution in [0.1, 0.15) is 6.42 Å². The molecule has 0 spiro atoms. The van der Waals surface area contributed by atoms with Crippen molar-refractivity contribution in [1.82, 2.24) is 0 Å². The monoisotopic (exact) mass is 186 g/mol. The normalized spacial score (nSPS) is 23.0. The van der Waals surface area contributed by atoms with Gasteiger partial charge in [0.05, 0.1) is 13.2 Å². The van der Waals surface area contributed by atoms with Gasteiger partial charge in [0, 0.05) is 13.0 Å². The lowest BCUT2D eigenvalue weighted by atomic mass is 10.2. The smallest absolute Gasteiger partial charge is 0.396 e. The van der Waals surface area contributed by atoms with Crippen molar-refractivity contribution in [3.8, 4) is 0 Å². The molecule has 0 bridgehead atoms. The van der Waals surface area contributed by atoms with Crippen LogP contribution in [0.3, 0.4) is 0 Å². The Labute approximate surface area is 67.1 Å². The van der Waals surface area contributed by atoms with E-state index in [1.165, 1.54) is 0 Å². The van der Waals surface area contributed by atoms with E-state index in [2.05, 4.69) is 9.47 Å². The van der Waals surface area contributed by atoms with Crippen molar-refractivity contribution in [1.29, 1.82) is 0 Å². The number of ether oxygens (including phenoxy) is 2. The molecule has 0 aliphatic carbocycles. The molecule has 1 aliphatic rings. The summed E-state index contributed by atoms with van der Waals surface area (Å²) in [6.45, 7) is -0.779. The first-order chi connectivity index (χ1) is 5.52. The van der Waals surface area contributed by atoms with Crippen molar-refractivity contribution in [2.24, 2.45) is 0 Å². The van der Waals surface area contributed by atoms with E-state index < -0.39 is 25.0 Å². The number of hydrogen-bond donors (Lipinski definition) is 1. The summed E-state index contributed by atoms with van der Waals surface area (Å²) in [5.74, 6) is -2.57. The maximum atomic E-state index is 12.2. The van der Waals surface area contributed by atoms with Gasteiger partial charge in [-0.25, -0.2) is 0 Å². The Morgan fingerprint density at radius 3 is 2.08 bits per heavy atom. The molecule has 72 valence electrons. The van der Waals surface area contributed by atoms with Crippen molar-refractivity contribution < 1.29 is 27.8 Å². The fourth-order valence-corrected chi connectivity index (χ4v) is 1.05. The van der Waals surface area contributed by atoms with Crippen molar-refractivity contribution in [2.75, 3.05) is 19.8 Å². The Morgan fingerprint density at radius 2 is 1.75 bits per heavy atom. The first kappa shape index (κ1) is 9.76. The van der Waals surface area contributed by atoms with Gasteiger partial charge in [0.25, 0.3) is 5.79 Å². The van der Waals surface area contributed by atoms with Gasteiger partial charge in [0.15, 0.2) is 0 Å². The predicted molar refractivity (Wildman–Crippen MR) is 32.4 cm³/mol. The SMILES string of the molecule is OCCC1(C(F)(F)F)OCCO1. The lowest BCUT2D eigenvalue weighted by Crippen LogP contribution is -2.46. The Morgan fingerprint density at radius 1 is 1.25 bits per heavy atom. The summed E-state index contributed by atoms with van der Waals surface area (Å²) >= 11 is 0. The number of aliphatic hydroxyl groups excluding tert-OH is 1. The second-order valence-corrected chi connectivity index (χ2v) is 2.42. The van der Waals surface area contributed by atoms with Crippen LogP contribution < -0.4 is 0 Å². The van der Waals surface area contributed by atoms with Gasteiger partial charge in [-0.15, -0.1) is 0 Å². The third-order valence-corrected chi connectivity index (χ3v) is 1.63. The molecule has 12 heavy (non-hydrogen) atoms. The predicted octanol–water partition coefficient (Wildman–Crippen LogP) is 0.674. The maximum Gasteiger partial charge on any atom is 0.443 e. The van der Waals surface area contributed by atoms with Crippen LogP contribution in [0.4, 0.5) is 13.2 Å². The molecule has 1 saturated heterocycles. The third-order valence-electron chi connectivity index (χ3n) is 1.63. The molecule has 1 N–H and O–H groups in total. The van der Waals surface area contributed by atoms with Crippen LogP contribution >= 0.6 is 0 Å². The third kappa shape index (κ3) is 1.55. The van der Waals surface area contributed by atoms with E-state index >= 15 is 0 Å². The van der Waals surface area contributed by atoms with Gasteiger partial charge >= 0.3 is 6.18 Å². The molecule has 0 saturated carbocycles. The molecular weight excluding hydrogens is 177 g/mol. The molecule has 1 heterocycles. The van der Waals surface area contributed by atoms with Crippen molar-refractivity contribution in [3.05, 3.63) is 0 Å². The highest BCUT2D eigenvalue weighted by Gasteiger charge is 2.59. The minimum absolute atomic E-state index is 0.0838. The summed E-state index contributed by atoms with van der Waals surface area (Å²) in [5, 5.41) is 8.40. The van der Waals surface area contributed by atoms with Crippen molar-refractivity contribution >= 4 is 0 Å². The molecule has 0 atom stereocenters. The molecule has 1 fully saturated rings. The number of hydrogen-bond acceptors (Lipinski definition) is 3. The lowest BCUT2D eigenvalue weighted by Gasteiger charge is -2.28. The Bertz CT molecular complexity index is 151. The van der Waals surface area contributed by atoms with E-state index in [9.17, 15) is 13.2 Å². The fourth-order valence-electron chi connectivity index (χ4n) is 1.05. The topological polar surface area (TPSA) is 38.7 Å². The van der Waals surface area contributed by atoms with Crippen LogP contribution in [0.5, 0.6) is 0 Å². The number of alkyl halides is 3. The highest BCUT2D eigenvalue weighted by Crippen LogP contribution is 2.39. The second-order valence-electron chi connectivity index (χ2n) is 2.42. The Balaban J connectivity index is 2.72. The molecule has 0 aromatic carbocycles. The van der Waals surface area contributed by atoms with Gasteiger partial charge in [-0.2, -0.15) is 13.2 Å². The van der Waals surface area contributed by atoms with Gasteiger partial charge in [-0.05, 0) is 0 Å². The number of halogens is 3. The van der Waals surface area contributed by atoms with Gasteiger partial charge in [0.2, 0.25) is 0 Å². The minimum Gasteiger partial charge on any atom is -0.396 e. The van der Waals surface area contributed by atoms with Gasteiger partial charge in [-0.3, -0.25) is 0 Å². The van der Waals surface area contributed by atoms with Crippen LogP contribution in [-0.2, 0) is 9.47 Å². The molecule has 0 aromatic heterocycles. The van der Waals surface area contributed by atoms with Crippen LogP contribution in [0, 0.1) is 0 Å². The Kier molecular flexibility index (Phi) is 2.60. The molecule has 6 heteroatoms. The molecule has 0 amide bonds. The summed E-state index contributed by atoms with van der Waals surface area (Å²) in [4.78, 5) is 0. The summed E-state index contributed by atoms with van der Waals surface area (Å²) in [6, 6.07) is 0. The summed E-state index contributed by atoms with van der Waals surface area (Å²) in [7, 11) is 0. The molecule has 1 rings (SSSR count). The molecule has 0 radical (unpaired) electrons. The van der Waals surface area contributed by atoms with Gasteiger partial charge in [0.1, 0.15) is 0 Å². The number of rotatable bonds is 2. The van der Waals surface area contributed by atoms with E-state index in [0.717, 1.165) is 0 Å². The maximum absolute atomic E-state index is 12.2. The fraction of sp³-hybridized carbons (Fsp3) is 1.00. The van der Waals surface area contributed by atoms with E-state index in [-0.39, 0.29) is 13.2 Å². The summed E-state index contributed by atoms with van der Waals surface area (Å²) in [5.41, 5.74) is 0. The molecule has 0 aromatic rings. The van der Waals surface area contributed by atoms with Crippen molar-refractivity contribution in [3.63, 3.8) is 0 Å². The largest absolute Gasteiger partial charge is 0.443 e. The summed E-state index contributed by atoms with van der Waals surface area (Å²) in [6.07, 6.45) is -5.15. The Hall–Kier alpha value is -0.330. The second kappa shape index (κ2) is 3.20. The zero-order chi connectivity index (χ0) is 9.24. The summed E-state index contributed by atoms with van der Waals surface area (Å²) < 4.78 is 45.6. The zero-order valence-corrected chi connectivity index (χ0v) is 6.23. The van der Waals surface area contributed by atoms with Crippen LogP contribution in [-0.4, -0.2) is 36.9 Å². The quantitative estimate of drug-likeness (QED) is 0.689. The molecular formula is C6H9F3O3. The minimum atomic E-state index is -4.58. The first-order valence-electron chi connectivity index (χ1n) is 3.47. The van der Waals surface area contributed by atoms with Crippen LogP contribution in [0.2, 0.25) is 0 Å². The average molecular weight is 186 g/mol. The first-order valence-corrected chi connectivity index (χ1v) is 3.47. The van der Waals surface area contributed by atoms with Gasteiger partial charge < -0.3 is 14.6 Å². The zero-order valence-electron chi connectivity index (χ0n) is 6.23. The molecule has 3 nitrogen and oxygen atoms in total. The van der Waals surface area contributed by atoms with E-state index in [1.807, 2.05) is 0 Å². The van der Waals surface area contributed by atoms with Crippen molar-refractivity contribution in [2.45, 2.75) is 18.4 Å². The van der Waals surface area contributed by atoms with Gasteiger partial charge in [-0.1, -0.05) is 0 Å². The lowest BCUT2D eigenvalue weighted by molar-refractivity contribution is -0.347. The number of aliphatic hydroxyl groups is 1. The van der Waals surface area contributed by atoms with E-state index in [0.29, 0.717) is 0 Å².